The van der Waals surface area contributed by atoms with E-state index in [1.54, 1.807) is 25.3 Å². The molecule has 1 fully saturated rings. The van der Waals surface area contributed by atoms with Crippen molar-refractivity contribution in [3.63, 3.8) is 0 Å². The first-order chi connectivity index (χ1) is 11.9. The van der Waals surface area contributed by atoms with Crippen LogP contribution in [0.4, 0.5) is 0 Å². The molecule has 0 bridgehead atoms. The lowest BCUT2D eigenvalue weighted by atomic mass is 10.1. The van der Waals surface area contributed by atoms with Crippen LogP contribution in [0.3, 0.4) is 0 Å². The topological polar surface area (TPSA) is 76.1 Å². The number of benzene rings is 1. The van der Waals surface area contributed by atoms with Crippen LogP contribution >= 0.6 is 0 Å². The average Bonchev–Trinajstić information content (AvgIpc) is 3.05. The molecule has 1 aliphatic rings. The quantitative estimate of drug-likeness (QED) is 0.780. The highest BCUT2D eigenvalue weighted by Crippen LogP contribution is 2.32. The maximum Gasteiger partial charge on any atom is 0.323 e. The molecule has 1 amide bonds. The van der Waals surface area contributed by atoms with Gasteiger partial charge in [0.2, 0.25) is 0 Å². The Kier molecular flexibility index (Phi) is 6.67. The fraction of sp³-hybridized carbons (Fsp3) is 0.579. The minimum absolute atomic E-state index is 0.144. The van der Waals surface area contributed by atoms with E-state index in [0.717, 1.165) is 25.7 Å². The summed E-state index contributed by atoms with van der Waals surface area (Å²) in [4.78, 5) is 25.2. The molecular weight excluding hydrogens is 322 g/mol. The van der Waals surface area contributed by atoms with E-state index in [9.17, 15) is 9.59 Å². The minimum atomic E-state index is -1.02. The van der Waals surface area contributed by atoms with Crippen LogP contribution < -0.4 is 9.47 Å². The van der Waals surface area contributed by atoms with Gasteiger partial charge >= 0.3 is 5.97 Å². The van der Waals surface area contributed by atoms with Gasteiger partial charge in [-0.25, -0.2) is 0 Å². The van der Waals surface area contributed by atoms with Crippen LogP contribution in [0.5, 0.6) is 11.5 Å². The maximum atomic E-state index is 12.8. The molecule has 0 spiro atoms. The zero-order chi connectivity index (χ0) is 18.4. The first-order valence-corrected chi connectivity index (χ1v) is 8.76. The van der Waals surface area contributed by atoms with Crippen LogP contribution in [0.1, 0.15) is 49.9 Å². The van der Waals surface area contributed by atoms with Gasteiger partial charge in [0.05, 0.1) is 13.2 Å². The summed E-state index contributed by atoms with van der Waals surface area (Å²) in [5, 5.41) is 9.08. The number of carboxylic acid groups (broad SMARTS) is 1. The molecule has 2 rings (SSSR count). The number of carbonyl (C=O) groups is 2. The number of hydrogen-bond acceptors (Lipinski definition) is 4. The van der Waals surface area contributed by atoms with Gasteiger partial charge in [0, 0.05) is 12.1 Å². The van der Waals surface area contributed by atoms with Crippen molar-refractivity contribution in [1.29, 1.82) is 0 Å². The smallest absolute Gasteiger partial charge is 0.323 e. The van der Waals surface area contributed by atoms with Gasteiger partial charge in [-0.2, -0.15) is 0 Å². The zero-order valence-corrected chi connectivity index (χ0v) is 15.2. The Bertz CT molecular complexity index is 608. The van der Waals surface area contributed by atoms with Crippen LogP contribution in [-0.2, 0) is 4.79 Å². The molecule has 0 heterocycles. The molecule has 0 unspecified atom stereocenters. The Morgan fingerprint density at radius 3 is 2.48 bits per heavy atom. The second-order valence-corrected chi connectivity index (χ2v) is 6.86. The monoisotopic (exact) mass is 349 g/mol. The van der Waals surface area contributed by atoms with Gasteiger partial charge < -0.3 is 19.5 Å². The van der Waals surface area contributed by atoms with Gasteiger partial charge in [0.15, 0.2) is 11.5 Å². The molecule has 6 nitrogen and oxygen atoms in total. The number of ether oxygens (including phenoxy) is 2. The van der Waals surface area contributed by atoms with E-state index in [1.165, 1.54) is 4.90 Å². The SMILES string of the molecule is COc1ccc(C(=O)N(CC(=O)O)CC(C)C)cc1OC1CCCC1. The predicted octanol–water partition coefficient (Wildman–Crippen LogP) is 3.20. The summed E-state index contributed by atoms with van der Waals surface area (Å²) < 4.78 is 11.4. The molecule has 1 aromatic rings. The standard InChI is InChI=1S/C19H27NO5/c1-13(2)11-20(12-18(21)22)19(23)14-8-9-16(24-3)17(10-14)25-15-6-4-5-7-15/h8-10,13,15H,4-7,11-12H2,1-3H3,(H,21,22). The molecule has 0 aliphatic heterocycles. The highest BCUT2D eigenvalue weighted by atomic mass is 16.5. The number of amides is 1. The first-order valence-electron chi connectivity index (χ1n) is 8.76. The normalized spacial score (nSPS) is 14.6. The Morgan fingerprint density at radius 2 is 1.92 bits per heavy atom. The molecule has 138 valence electrons. The van der Waals surface area contributed by atoms with Gasteiger partial charge in [-0.15, -0.1) is 0 Å². The summed E-state index contributed by atoms with van der Waals surface area (Å²) in [5.41, 5.74) is 0.413. The average molecular weight is 349 g/mol. The van der Waals surface area contributed by atoms with Crippen molar-refractivity contribution in [2.45, 2.75) is 45.6 Å². The number of aliphatic carboxylic acids is 1. The van der Waals surface area contributed by atoms with Crippen molar-refractivity contribution >= 4 is 11.9 Å². The maximum absolute atomic E-state index is 12.8. The van der Waals surface area contributed by atoms with Gasteiger partial charge in [-0.05, 0) is 49.8 Å². The number of rotatable bonds is 8. The number of hydrogen-bond donors (Lipinski definition) is 1. The van der Waals surface area contributed by atoms with Gasteiger partial charge in [-0.1, -0.05) is 13.8 Å². The molecule has 0 atom stereocenters. The lowest BCUT2D eigenvalue weighted by Crippen LogP contribution is -2.38. The number of carbonyl (C=O) groups excluding carboxylic acids is 1. The van der Waals surface area contributed by atoms with Gasteiger partial charge in [0.1, 0.15) is 6.54 Å². The van der Waals surface area contributed by atoms with E-state index in [4.69, 9.17) is 14.6 Å². The Labute approximate surface area is 148 Å². The third-order valence-corrected chi connectivity index (χ3v) is 4.21. The van der Waals surface area contributed by atoms with Gasteiger partial charge in [0.25, 0.3) is 5.91 Å². The van der Waals surface area contributed by atoms with Crippen molar-refractivity contribution in [1.82, 2.24) is 4.90 Å². The predicted molar refractivity (Wildman–Crippen MR) is 94.3 cm³/mol. The Hall–Kier alpha value is -2.24. The molecule has 6 heteroatoms. The van der Waals surface area contributed by atoms with E-state index < -0.39 is 5.97 Å². The lowest BCUT2D eigenvalue weighted by Gasteiger charge is -2.23. The highest BCUT2D eigenvalue weighted by molar-refractivity contribution is 5.96. The number of methoxy groups -OCH3 is 1. The molecule has 0 aromatic heterocycles. The van der Waals surface area contributed by atoms with Crippen molar-refractivity contribution in [2.75, 3.05) is 20.2 Å². The summed E-state index contributed by atoms with van der Waals surface area (Å²) in [6.07, 6.45) is 4.43. The Morgan fingerprint density at radius 1 is 1.24 bits per heavy atom. The third-order valence-electron chi connectivity index (χ3n) is 4.21. The first kappa shape index (κ1) is 19.1. The van der Waals surface area contributed by atoms with Crippen molar-refractivity contribution in [3.8, 4) is 11.5 Å². The summed E-state index contributed by atoms with van der Waals surface area (Å²) in [7, 11) is 1.56. The van der Waals surface area contributed by atoms with E-state index in [2.05, 4.69) is 0 Å². The number of carboxylic acids is 1. The summed E-state index contributed by atoms with van der Waals surface area (Å²) >= 11 is 0. The van der Waals surface area contributed by atoms with Crippen molar-refractivity contribution in [3.05, 3.63) is 23.8 Å². The summed E-state index contributed by atoms with van der Waals surface area (Å²) in [6, 6.07) is 5.01. The molecule has 25 heavy (non-hydrogen) atoms. The van der Waals surface area contributed by atoms with Crippen LogP contribution in [0, 0.1) is 5.92 Å². The lowest BCUT2D eigenvalue weighted by molar-refractivity contribution is -0.137. The largest absolute Gasteiger partial charge is 0.493 e. The van der Waals surface area contributed by atoms with Crippen LogP contribution in [0.25, 0.3) is 0 Å². The molecular formula is C19H27NO5. The summed E-state index contributed by atoms with van der Waals surface area (Å²) in [5.74, 6) is -0.0344. The van der Waals surface area contributed by atoms with Crippen molar-refractivity contribution in [2.24, 2.45) is 5.92 Å². The molecule has 1 aliphatic carbocycles. The van der Waals surface area contributed by atoms with Crippen LogP contribution in [0.2, 0.25) is 0 Å². The molecule has 1 saturated carbocycles. The van der Waals surface area contributed by atoms with E-state index in [-0.39, 0.29) is 24.5 Å². The van der Waals surface area contributed by atoms with Gasteiger partial charge in [-0.3, -0.25) is 9.59 Å². The molecule has 0 saturated heterocycles. The fourth-order valence-electron chi connectivity index (χ4n) is 3.09. The fourth-order valence-corrected chi connectivity index (χ4v) is 3.09. The van der Waals surface area contributed by atoms with Crippen LogP contribution in [-0.4, -0.2) is 48.2 Å². The molecule has 1 N–H and O–H groups in total. The van der Waals surface area contributed by atoms with E-state index in [0.29, 0.717) is 23.6 Å². The molecule has 1 aromatic carbocycles. The molecule has 0 radical (unpaired) electrons. The third kappa shape index (κ3) is 5.37. The van der Waals surface area contributed by atoms with E-state index >= 15 is 0 Å². The highest BCUT2D eigenvalue weighted by Gasteiger charge is 2.23. The minimum Gasteiger partial charge on any atom is -0.493 e. The van der Waals surface area contributed by atoms with Crippen LogP contribution in [0.15, 0.2) is 18.2 Å². The van der Waals surface area contributed by atoms with Crippen molar-refractivity contribution < 1.29 is 24.2 Å². The second kappa shape index (κ2) is 8.74. The zero-order valence-electron chi connectivity index (χ0n) is 15.2. The number of nitrogens with zero attached hydrogens (tertiary/aromatic N) is 1. The Balaban J connectivity index is 2.23. The second-order valence-electron chi connectivity index (χ2n) is 6.86. The van der Waals surface area contributed by atoms with E-state index in [1.807, 2.05) is 13.8 Å². The summed E-state index contributed by atoms with van der Waals surface area (Å²) in [6.45, 7) is 3.97.